The summed E-state index contributed by atoms with van der Waals surface area (Å²) >= 11 is 0. The number of aromatic nitrogens is 2. The molecule has 2 aromatic rings. The standard InChI is InChI=1S/C17H19FN4O2S/c18-16-6-19-12-20-17(16)21-7-14-9-22(10-15(14)8-21)25(23,24)11-13-4-2-1-3-5-13/h1-6,12,14-15H,7-11H2. The van der Waals surface area contributed by atoms with Crippen LogP contribution in [0.25, 0.3) is 0 Å². The van der Waals surface area contributed by atoms with Gasteiger partial charge in [0.25, 0.3) is 0 Å². The van der Waals surface area contributed by atoms with Crippen molar-refractivity contribution in [2.45, 2.75) is 5.75 Å². The van der Waals surface area contributed by atoms with Crippen LogP contribution in [0.15, 0.2) is 42.9 Å². The summed E-state index contributed by atoms with van der Waals surface area (Å²) in [7, 11) is -3.33. The minimum Gasteiger partial charge on any atom is -0.353 e. The molecule has 0 radical (unpaired) electrons. The summed E-state index contributed by atoms with van der Waals surface area (Å²) in [5.74, 6) is 0.316. The Morgan fingerprint density at radius 2 is 1.76 bits per heavy atom. The van der Waals surface area contributed by atoms with Crippen LogP contribution in [0.3, 0.4) is 0 Å². The Labute approximate surface area is 146 Å². The predicted octanol–water partition coefficient (Wildman–Crippen LogP) is 1.51. The highest BCUT2D eigenvalue weighted by atomic mass is 32.2. The van der Waals surface area contributed by atoms with Crippen LogP contribution in [0.5, 0.6) is 0 Å². The molecular weight excluding hydrogens is 343 g/mol. The average molecular weight is 362 g/mol. The van der Waals surface area contributed by atoms with E-state index in [1.165, 1.54) is 6.33 Å². The molecular formula is C17H19FN4O2S. The fourth-order valence-corrected chi connectivity index (χ4v) is 5.40. The molecule has 25 heavy (non-hydrogen) atoms. The highest BCUT2D eigenvalue weighted by molar-refractivity contribution is 7.88. The Hall–Kier alpha value is -2.06. The predicted molar refractivity (Wildman–Crippen MR) is 91.8 cm³/mol. The third-order valence-corrected chi connectivity index (χ3v) is 6.77. The van der Waals surface area contributed by atoms with Gasteiger partial charge in [-0.2, -0.15) is 0 Å². The Bertz CT molecular complexity index is 848. The van der Waals surface area contributed by atoms with Gasteiger partial charge in [-0.3, -0.25) is 0 Å². The molecule has 2 fully saturated rings. The molecule has 0 N–H and O–H groups in total. The fraction of sp³-hybridized carbons (Fsp3) is 0.412. The molecule has 0 bridgehead atoms. The van der Waals surface area contributed by atoms with E-state index in [0.717, 1.165) is 11.8 Å². The third-order valence-electron chi connectivity index (χ3n) is 4.99. The minimum atomic E-state index is -3.33. The van der Waals surface area contributed by atoms with Gasteiger partial charge in [-0.25, -0.2) is 27.1 Å². The van der Waals surface area contributed by atoms with Crippen molar-refractivity contribution in [2.75, 3.05) is 31.1 Å². The third kappa shape index (κ3) is 3.23. The van der Waals surface area contributed by atoms with E-state index in [9.17, 15) is 12.8 Å². The van der Waals surface area contributed by atoms with Crippen molar-refractivity contribution in [3.8, 4) is 0 Å². The molecule has 0 aliphatic carbocycles. The Kier molecular flexibility index (Phi) is 4.16. The molecule has 2 atom stereocenters. The van der Waals surface area contributed by atoms with E-state index in [4.69, 9.17) is 0 Å². The number of benzene rings is 1. The van der Waals surface area contributed by atoms with Gasteiger partial charge in [0, 0.05) is 26.2 Å². The molecule has 2 aliphatic rings. The molecule has 2 aliphatic heterocycles. The lowest BCUT2D eigenvalue weighted by Gasteiger charge is -2.22. The van der Waals surface area contributed by atoms with Gasteiger partial charge >= 0.3 is 0 Å². The van der Waals surface area contributed by atoms with Crippen molar-refractivity contribution in [1.82, 2.24) is 14.3 Å². The second-order valence-corrected chi connectivity index (χ2v) is 8.65. The summed E-state index contributed by atoms with van der Waals surface area (Å²) in [6.45, 7) is 2.22. The number of hydrogen-bond acceptors (Lipinski definition) is 5. The van der Waals surface area contributed by atoms with Gasteiger partial charge in [-0.1, -0.05) is 30.3 Å². The number of hydrogen-bond donors (Lipinski definition) is 0. The second kappa shape index (κ2) is 6.34. The Balaban J connectivity index is 1.43. The van der Waals surface area contributed by atoms with E-state index in [2.05, 4.69) is 9.97 Å². The van der Waals surface area contributed by atoms with Crippen LogP contribution in [0.2, 0.25) is 0 Å². The van der Waals surface area contributed by atoms with Crippen LogP contribution in [0, 0.1) is 17.7 Å². The summed E-state index contributed by atoms with van der Waals surface area (Å²) in [4.78, 5) is 9.59. The molecule has 8 heteroatoms. The fourth-order valence-electron chi connectivity index (χ4n) is 3.77. The molecule has 2 unspecified atom stereocenters. The van der Waals surface area contributed by atoms with Gasteiger partial charge in [-0.05, 0) is 17.4 Å². The first-order valence-corrected chi connectivity index (χ1v) is 9.86. The van der Waals surface area contributed by atoms with Crippen LogP contribution < -0.4 is 4.90 Å². The van der Waals surface area contributed by atoms with Gasteiger partial charge in [-0.15, -0.1) is 0 Å². The second-order valence-electron chi connectivity index (χ2n) is 6.68. The zero-order chi connectivity index (χ0) is 17.4. The SMILES string of the molecule is O=S(=O)(Cc1ccccc1)N1CC2CN(c3ncncc3F)CC2C1. The molecule has 4 rings (SSSR count). The topological polar surface area (TPSA) is 66.4 Å². The van der Waals surface area contributed by atoms with Crippen LogP contribution in [-0.4, -0.2) is 48.9 Å². The number of rotatable bonds is 4. The molecule has 3 heterocycles. The maximum absolute atomic E-state index is 13.9. The average Bonchev–Trinajstić information content (AvgIpc) is 3.15. The largest absolute Gasteiger partial charge is 0.353 e. The van der Waals surface area contributed by atoms with Gasteiger partial charge in [0.05, 0.1) is 11.9 Å². The maximum atomic E-state index is 13.9. The number of sulfonamides is 1. The molecule has 132 valence electrons. The van der Waals surface area contributed by atoms with Crippen molar-refractivity contribution >= 4 is 15.8 Å². The summed E-state index contributed by atoms with van der Waals surface area (Å²) < 4.78 is 40.8. The Morgan fingerprint density at radius 1 is 1.08 bits per heavy atom. The van der Waals surface area contributed by atoms with Crippen LogP contribution in [0.1, 0.15) is 5.56 Å². The lowest BCUT2D eigenvalue weighted by Crippen LogP contribution is -2.34. The molecule has 0 spiro atoms. The molecule has 2 saturated heterocycles. The summed E-state index contributed by atoms with van der Waals surface area (Å²) in [6.07, 6.45) is 2.50. The van der Waals surface area contributed by atoms with Gasteiger partial charge in [0.2, 0.25) is 10.0 Å². The van der Waals surface area contributed by atoms with Crippen molar-refractivity contribution in [3.05, 3.63) is 54.2 Å². The highest BCUT2D eigenvalue weighted by Gasteiger charge is 2.44. The summed E-state index contributed by atoms with van der Waals surface area (Å²) in [6, 6.07) is 9.22. The van der Waals surface area contributed by atoms with Crippen molar-refractivity contribution < 1.29 is 12.8 Å². The van der Waals surface area contributed by atoms with Crippen molar-refractivity contribution in [2.24, 2.45) is 11.8 Å². The quantitative estimate of drug-likeness (QED) is 0.825. The molecule has 1 aromatic heterocycles. The first-order valence-electron chi connectivity index (χ1n) is 8.25. The van der Waals surface area contributed by atoms with E-state index in [0.29, 0.717) is 32.0 Å². The number of halogens is 1. The van der Waals surface area contributed by atoms with Crippen LogP contribution in [0.4, 0.5) is 10.2 Å². The normalized spacial score (nSPS) is 23.8. The van der Waals surface area contributed by atoms with Gasteiger partial charge < -0.3 is 4.90 Å². The van der Waals surface area contributed by atoms with E-state index < -0.39 is 15.8 Å². The van der Waals surface area contributed by atoms with E-state index >= 15 is 0 Å². The van der Waals surface area contributed by atoms with E-state index in [-0.39, 0.29) is 17.6 Å². The maximum Gasteiger partial charge on any atom is 0.218 e. The van der Waals surface area contributed by atoms with E-state index in [1.807, 2.05) is 35.2 Å². The Morgan fingerprint density at radius 3 is 2.40 bits per heavy atom. The first-order chi connectivity index (χ1) is 12.0. The number of fused-ring (bicyclic) bond motifs is 1. The summed E-state index contributed by atoms with van der Waals surface area (Å²) in [5, 5.41) is 0. The highest BCUT2D eigenvalue weighted by Crippen LogP contribution is 2.35. The zero-order valence-corrected chi connectivity index (χ0v) is 14.4. The van der Waals surface area contributed by atoms with Crippen LogP contribution >= 0.6 is 0 Å². The monoisotopic (exact) mass is 362 g/mol. The zero-order valence-electron chi connectivity index (χ0n) is 13.6. The molecule has 0 amide bonds. The molecule has 6 nitrogen and oxygen atoms in total. The lowest BCUT2D eigenvalue weighted by atomic mass is 10.0. The smallest absolute Gasteiger partial charge is 0.218 e. The first kappa shape index (κ1) is 16.4. The molecule has 1 aromatic carbocycles. The lowest BCUT2D eigenvalue weighted by molar-refractivity contribution is 0.451. The number of anilines is 1. The van der Waals surface area contributed by atoms with Crippen LogP contribution in [-0.2, 0) is 15.8 Å². The van der Waals surface area contributed by atoms with Crippen molar-refractivity contribution in [1.29, 1.82) is 0 Å². The van der Waals surface area contributed by atoms with E-state index in [1.54, 1.807) is 4.31 Å². The molecule has 0 saturated carbocycles. The summed E-state index contributed by atoms with van der Waals surface area (Å²) in [5.41, 5.74) is 0.796. The minimum absolute atomic E-state index is 0.0253. The van der Waals surface area contributed by atoms with Gasteiger partial charge in [0.1, 0.15) is 6.33 Å². The van der Waals surface area contributed by atoms with Gasteiger partial charge in [0.15, 0.2) is 11.6 Å². The van der Waals surface area contributed by atoms with Crippen molar-refractivity contribution in [3.63, 3.8) is 0 Å². The number of nitrogens with zero attached hydrogens (tertiary/aromatic N) is 4.